The Bertz CT molecular complexity index is 475. The molecule has 1 aromatic rings. The third kappa shape index (κ3) is 1.96. The van der Waals surface area contributed by atoms with Crippen LogP contribution < -0.4 is 0 Å². The third-order valence-corrected chi connectivity index (χ3v) is 5.59. The minimum Gasteiger partial charge on any atom is -0.481 e. The average molecular weight is 286 g/mol. The molecule has 2 fully saturated rings. The number of fused-ring (bicyclic) bond motifs is 1. The number of halogens is 1. The van der Waals surface area contributed by atoms with Crippen LogP contribution in [-0.4, -0.2) is 29.1 Å². The van der Waals surface area contributed by atoms with E-state index in [1.807, 2.05) is 12.1 Å². The van der Waals surface area contributed by atoms with Gasteiger partial charge in [-0.1, -0.05) is 18.0 Å². The molecule has 0 bridgehead atoms. The predicted octanol–water partition coefficient (Wildman–Crippen LogP) is 3.09. The monoisotopic (exact) mass is 285 g/mol. The van der Waals surface area contributed by atoms with Gasteiger partial charge in [0.2, 0.25) is 0 Å². The van der Waals surface area contributed by atoms with Gasteiger partial charge in [0, 0.05) is 24.5 Å². The van der Waals surface area contributed by atoms with Crippen LogP contribution >= 0.6 is 22.9 Å². The summed E-state index contributed by atoms with van der Waals surface area (Å²) in [6.07, 6.45) is 2.97. The molecule has 2 aliphatic rings. The van der Waals surface area contributed by atoms with Crippen LogP contribution in [-0.2, 0) is 11.3 Å². The van der Waals surface area contributed by atoms with E-state index in [-0.39, 0.29) is 0 Å². The lowest BCUT2D eigenvalue weighted by Crippen LogP contribution is -2.35. The summed E-state index contributed by atoms with van der Waals surface area (Å²) in [5, 5.41) is 9.52. The molecule has 0 unspecified atom stereocenters. The van der Waals surface area contributed by atoms with Crippen LogP contribution in [0.4, 0.5) is 0 Å². The van der Waals surface area contributed by atoms with Crippen molar-refractivity contribution >= 4 is 28.9 Å². The highest BCUT2D eigenvalue weighted by Crippen LogP contribution is 2.49. The summed E-state index contributed by atoms with van der Waals surface area (Å²) in [6.45, 7) is 2.45. The van der Waals surface area contributed by atoms with Gasteiger partial charge < -0.3 is 5.11 Å². The number of rotatable bonds is 3. The summed E-state index contributed by atoms with van der Waals surface area (Å²) < 4.78 is 0.803. The molecule has 1 N–H and O–H groups in total. The largest absolute Gasteiger partial charge is 0.481 e. The van der Waals surface area contributed by atoms with Crippen molar-refractivity contribution in [2.24, 2.45) is 11.3 Å². The number of carboxylic acid groups (broad SMARTS) is 1. The Hall–Kier alpha value is -0.580. The van der Waals surface area contributed by atoms with Crippen LogP contribution in [0.1, 0.15) is 24.1 Å². The van der Waals surface area contributed by atoms with Gasteiger partial charge in [-0.3, -0.25) is 9.69 Å². The standard InChI is InChI=1S/C13H16ClNO2S/c14-11-4-3-10(18-11)7-15-6-9-2-1-5-13(9,8-15)12(16)17/h3-4,9H,1-2,5-8H2,(H,16,17)/t9-,13+/m0/s1. The molecule has 1 aliphatic carbocycles. The smallest absolute Gasteiger partial charge is 0.311 e. The lowest BCUT2D eigenvalue weighted by molar-refractivity contribution is -0.149. The maximum atomic E-state index is 11.6. The summed E-state index contributed by atoms with van der Waals surface area (Å²) in [6, 6.07) is 3.94. The quantitative estimate of drug-likeness (QED) is 0.928. The fraction of sp³-hybridized carbons (Fsp3) is 0.615. The summed E-state index contributed by atoms with van der Waals surface area (Å²) >= 11 is 7.51. The van der Waals surface area contributed by atoms with Gasteiger partial charge in [-0.25, -0.2) is 0 Å². The molecule has 1 saturated carbocycles. The van der Waals surface area contributed by atoms with Crippen molar-refractivity contribution in [3.05, 3.63) is 21.3 Å². The van der Waals surface area contributed by atoms with Crippen molar-refractivity contribution in [3.8, 4) is 0 Å². The minimum absolute atomic E-state index is 0.338. The van der Waals surface area contributed by atoms with E-state index in [2.05, 4.69) is 4.90 Å². The molecular weight excluding hydrogens is 270 g/mol. The van der Waals surface area contributed by atoms with Gasteiger partial charge in [-0.2, -0.15) is 0 Å². The van der Waals surface area contributed by atoms with Crippen LogP contribution in [0.3, 0.4) is 0 Å². The van der Waals surface area contributed by atoms with Crippen molar-refractivity contribution in [2.75, 3.05) is 13.1 Å². The highest BCUT2D eigenvalue weighted by Gasteiger charge is 2.54. The van der Waals surface area contributed by atoms with Gasteiger partial charge in [-0.15, -0.1) is 11.3 Å². The van der Waals surface area contributed by atoms with Crippen molar-refractivity contribution in [2.45, 2.75) is 25.8 Å². The molecule has 1 aromatic heterocycles. The second kappa shape index (κ2) is 4.51. The molecule has 5 heteroatoms. The van der Waals surface area contributed by atoms with Crippen LogP contribution in [0, 0.1) is 11.3 Å². The summed E-state index contributed by atoms with van der Waals surface area (Å²) in [5.74, 6) is -0.262. The van der Waals surface area contributed by atoms with Crippen molar-refractivity contribution < 1.29 is 9.90 Å². The molecule has 0 amide bonds. The zero-order valence-corrected chi connectivity index (χ0v) is 11.6. The Kier molecular flexibility index (Phi) is 3.12. The highest BCUT2D eigenvalue weighted by atomic mass is 35.5. The van der Waals surface area contributed by atoms with Gasteiger partial charge in [0.25, 0.3) is 0 Å². The number of nitrogens with zero attached hydrogens (tertiary/aromatic N) is 1. The second-order valence-corrected chi connectivity index (χ2v) is 7.23. The zero-order valence-electron chi connectivity index (χ0n) is 10.1. The molecule has 2 atom stereocenters. The first kappa shape index (κ1) is 12.5. The molecule has 0 aromatic carbocycles. The Balaban J connectivity index is 1.73. The van der Waals surface area contributed by atoms with E-state index in [1.165, 1.54) is 4.88 Å². The first-order chi connectivity index (χ1) is 8.60. The lowest BCUT2D eigenvalue weighted by Gasteiger charge is -2.23. The Labute approximate surface area is 115 Å². The molecule has 3 nitrogen and oxygen atoms in total. The number of aliphatic carboxylic acids is 1. The molecular formula is C13H16ClNO2S. The summed E-state index contributed by atoms with van der Waals surface area (Å²) in [4.78, 5) is 15.1. The van der Waals surface area contributed by atoms with Gasteiger partial charge in [0.1, 0.15) is 0 Å². The van der Waals surface area contributed by atoms with E-state index < -0.39 is 11.4 Å². The van der Waals surface area contributed by atoms with E-state index in [0.717, 1.165) is 36.7 Å². The molecule has 1 saturated heterocycles. The minimum atomic E-state index is -0.600. The number of carboxylic acids is 1. The summed E-state index contributed by atoms with van der Waals surface area (Å²) in [5.41, 5.74) is -0.471. The number of likely N-dealkylation sites (tertiary alicyclic amines) is 1. The van der Waals surface area contributed by atoms with Crippen molar-refractivity contribution in [1.29, 1.82) is 0 Å². The molecule has 0 spiro atoms. The molecule has 98 valence electrons. The lowest BCUT2D eigenvalue weighted by atomic mass is 9.81. The SMILES string of the molecule is O=C(O)[C@@]12CCC[C@H]1CN(Cc1ccc(Cl)s1)C2. The van der Waals surface area contributed by atoms with Gasteiger partial charge in [0.05, 0.1) is 9.75 Å². The van der Waals surface area contributed by atoms with E-state index in [9.17, 15) is 9.90 Å². The van der Waals surface area contributed by atoms with E-state index in [1.54, 1.807) is 11.3 Å². The molecule has 2 heterocycles. The fourth-order valence-electron chi connectivity index (χ4n) is 3.52. The van der Waals surface area contributed by atoms with E-state index in [0.29, 0.717) is 12.5 Å². The molecule has 0 radical (unpaired) electrons. The van der Waals surface area contributed by atoms with Crippen molar-refractivity contribution in [1.82, 2.24) is 4.90 Å². The Morgan fingerprint density at radius 1 is 1.61 bits per heavy atom. The molecule has 3 rings (SSSR count). The maximum Gasteiger partial charge on any atom is 0.311 e. The van der Waals surface area contributed by atoms with Crippen LogP contribution in [0.2, 0.25) is 4.34 Å². The van der Waals surface area contributed by atoms with Crippen LogP contribution in [0.25, 0.3) is 0 Å². The zero-order chi connectivity index (χ0) is 12.8. The number of hydrogen-bond donors (Lipinski definition) is 1. The Morgan fingerprint density at radius 3 is 3.06 bits per heavy atom. The maximum absolute atomic E-state index is 11.6. The van der Waals surface area contributed by atoms with Gasteiger partial charge in [-0.05, 0) is 30.9 Å². The summed E-state index contributed by atoms with van der Waals surface area (Å²) in [7, 11) is 0. The molecule has 18 heavy (non-hydrogen) atoms. The predicted molar refractivity (Wildman–Crippen MR) is 72.0 cm³/mol. The van der Waals surface area contributed by atoms with Crippen molar-refractivity contribution in [3.63, 3.8) is 0 Å². The van der Waals surface area contributed by atoms with Crippen LogP contribution in [0.5, 0.6) is 0 Å². The first-order valence-electron chi connectivity index (χ1n) is 6.30. The Morgan fingerprint density at radius 2 is 2.44 bits per heavy atom. The van der Waals surface area contributed by atoms with Gasteiger partial charge in [0.15, 0.2) is 0 Å². The van der Waals surface area contributed by atoms with Gasteiger partial charge >= 0.3 is 5.97 Å². The average Bonchev–Trinajstić information content (AvgIpc) is 2.93. The third-order valence-electron chi connectivity index (χ3n) is 4.38. The van der Waals surface area contributed by atoms with E-state index >= 15 is 0 Å². The second-order valence-electron chi connectivity index (χ2n) is 5.43. The highest BCUT2D eigenvalue weighted by molar-refractivity contribution is 7.16. The number of hydrogen-bond acceptors (Lipinski definition) is 3. The topological polar surface area (TPSA) is 40.5 Å². The fourth-order valence-corrected chi connectivity index (χ4v) is 4.65. The normalized spacial score (nSPS) is 31.7. The first-order valence-corrected chi connectivity index (χ1v) is 7.49. The van der Waals surface area contributed by atoms with Crippen LogP contribution in [0.15, 0.2) is 12.1 Å². The van der Waals surface area contributed by atoms with E-state index in [4.69, 9.17) is 11.6 Å². The number of thiophene rings is 1. The number of carbonyl (C=O) groups is 1. The molecule has 1 aliphatic heterocycles.